The lowest BCUT2D eigenvalue weighted by Crippen LogP contribution is -2.53. The molecule has 2 amide bonds. The number of carbonyl (C=O) groups is 2. The first-order chi connectivity index (χ1) is 21.2. The maximum Gasteiger partial charge on any atom is 0.264 e. The number of benzene rings is 4. The van der Waals surface area contributed by atoms with E-state index in [1.54, 1.807) is 18.2 Å². The number of unbranched alkanes of at least 4 members (excludes halogenated alkanes) is 1. The fourth-order valence-corrected chi connectivity index (χ4v) is 6.28. The van der Waals surface area contributed by atoms with Gasteiger partial charge in [0.1, 0.15) is 18.4 Å². The third kappa shape index (κ3) is 8.32. The van der Waals surface area contributed by atoms with Crippen LogP contribution >= 0.6 is 0 Å². The number of sulfonamides is 1. The minimum Gasteiger partial charge on any atom is -0.354 e. The highest BCUT2D eigenvalue weighted by molar-refractivity contribution is 7.92. The van der Waals surface area contributed by atoms with Crippen LogP contribution in [-0.2, 0) is 32.6 Å². The number of rotatable bonds is 14. The number of amides is 2. The Balaban J connectivity index is 1.78. The summed E-state index contributed by atoms with van der Waals surface area (Å²) in [7, 11) is -4.36. The zero-order valence-corrected chi connectivity index (χ0v) is 25.8. The summed E-state index contributed by atoms with van der Waals surface area (Å²) in [6.45, 7) is 3.75. The van der Waals surface area contributed by atoms with Gasteiger partial charge >= 0.3 is 0 Å². The summed E-state index contributed by atoms with van der Waals surface area (Å²) in [5.41, 5.74) is 2.39. The number of hydrogen-bond donors (Lipinski definition) is 1. The molecular weight excluding hydrogens is 577 g/mol. The number of hydrogen-bond acceptors (Lipinski definition) is 4. The lowest BCUT2D eigenvalue weighted by atomic mass is 10.0. The van der Waals surface area contributed by atoms with Gasteiger partial charge in [0.05, 0.1) is 10.6 Å². The van der Waals surface area contributed by atoms with E-state index in [9.17, 15) is 18.0 Å². The first-order valence-electron chi connectivity index (χ1n) is 14.7. The summed E-state index contributed by atoms with van der Waals surface area (Å²) in [5.74, 6) is -1.77. The van der Waals surface area contributed by atoms with Gasteiger partial charge in [-0.25, -0.2) is 12.8 Å². The van der Waals surface area contributed by atoms with Crippen LogP contribution in [-0.4, -0.2) is 44.3 Å². The first-order valence-corrected chi connectivity index (χ1v) is 16.1. The molecule has 4 aromatic rings. The summed E-state index contributed by atoms with van der Waals surface area (Å²) in [5, 5.41) is 2.96. The van der Waals surface area contributed by atoms with Crippen molar-refractivity contribution in [2.24, 2.45) is 0 Å². The Bertz CT molecular complexity index is 1630. The van der Waals surface area contributed by atoms with Gasteiger partial charge < -0.3 is 10.2 Å². The van der Waals surface area contributed by atoms with E-state index in [1.807, 2.05) is 68.4 Å². The van der Waals surface area contributed by atoms with Crippen molar-refractivity contribution >= 4 is 27.5 Å². The highest BCUT2D eigenvalue weighted by atomic mass is 32.2. The second-order valence-electron chi connectivity index (χ2n) is 10.6. The van der Waals surface area contributed by atoms with Crippen molar-refractivity contribution in [2.45, 2.75) is 50.6 Å². The molecule has 44 heavy (non-hydrogen) atoms. The molecule has 0 aromatic heterocycles. The zero-order chi connectivity index (χ0) is 31.5. The Hall–Kier alpha value is -4.50. The van der Waals surface area contributed by atoms with E-state index in [0.717, 1.165) is 39.9 Å². The van der Waals surface area contributed by atoms with Gasteiger partial charge in [-0.15, -0.1) is 0 Å². The van der Waals surface area contributed by atoms with Crippen LogP contribution in [0.15, 0.2) is 114 Å². The Morgan fingerprint density at radius 2 is 1.43 bits per heavy atom. The fraction of sp³-hybridized carbons (Fsp3) is 0.257. The van der Waals surface area contributed by atoms with Gasteiger partial charge in [-0.2, -0.15) is 0 Å². The SMILES string of the molecule is CCCCNC(=O)C(Cc1ccccc1)N(Cc1ccc(C)cc1)C(=O)CN(c1ccccc1F)S(=O)(=O)c1ccccc1. The van der Waals surface area contributed by atoms with E-state index >= 15 is 4.39 Å². The van der Waals surface area contributed by atoms with Crippen LogP contribution in [0.3, 0.4) is 0 Å². The minimum atomic E-state index is -4.36. The lowest BCUT2D eigenvalue weighted by molar-refractivity contribution is -0.140. The van der Waals surface area contributed by atoms with E-state index in [2.05, 4.69) is 5.32 Å². The standard InChI is InChI=1S/C35H38FN3O4S/c1-3-4-23-37-35(41)33(24-28-13-7-5-8-14-28)38(25-29-21-19-27(2)20-22-29)34(40)26-39(32-18-12-11-17-31(32)36)44(42,43)30-15-9-6-10-16-30/h5-22,33H,3-4,23-26H2,1-2H3,(H,37,41). The summed E-state index contributed by atoms with van der Waals surface area (Å²) in [6.07, 6.45) is 1.86. The molecule has 1 unspecified atom stereocenters. The summed E-state index contributed by atoms with van der Waals surface area (Å²) in [6, 6.07) is 29.0. The average molecular weight is 616 g/mol. The molecule has 4 rings (SSSR count). The molecule has 0 aliphatic heterocycles. The van der Waals surface area contributed by atoms with Crippen molar-refractivity contribution in [2.75, 3.05) is 17.4 Å². The molecule has 9 heteroatoms. The number of para-hydroxylation sites is 1. The molecule has 1 atom stereocenters. The molecule has 0 heterocycles. The summed E-state index contributed by atoms with van der Waals surface area (Å²) >= 11 is 0. The van der Waals surface area contributed by atoms with Gasteiger partial charge in [-0.1, -0.05) is 104 Å². The highest BCUT2D eigenvalue weighted by Crippen LogP contribution is 2.27. The van der Waals surface area contributed by atoms with Crippen LogP contribution in [0.5, 0.6) is 0 Å². The average Bonchev–Trinajstić information content (AvgIpc) is 3.03. The Labute approximate surface area is 259 Å². The second-order valence-corrected chi connectivity index (χ2v) is 12.5. The molecule has 0 spiro atoms. The number of carbonyl (C=O) groups excluding carboxylic acids is 2. The van der Waals surface area contributed by atoms with Crippen LogP contribution in [0, 0.1) is 12.7 Å². The molecule has 0 saturated heterocycles. The van der Waals surface area contributed by atoms with Crippen LogP contribution < -0.4 is 9.62 Å². The highest BCUT2D eigenvalue weighted by Gasteiger charge is 2.35. The van der Waals surface area contributed by atoms with Crippen molar-refractivity contribution in [3.05, 3.63) is 132 Å². The third-order valence-electron chi connectivity index (χ3n) is 7.31. The van der Waals surface area contributed by atoms with E-state index in [1.165, 1.54) is 35.2 Å². The van der Waals surface area contributed by atoms with Crippen LogP contribution in [0.25, 0.3) is 0 Å². The normalized spacial score (nSPS) is 11.9. The molecule has 0 fully saturated rings. The maximum atomic E-state index is 15.2. The third-order valence-corrected chi connectivity index (χ3v) is 9.08. The smallest absolute Gasteiger partial charge is 0.264 e. The minimum absolute atomic E-state index is 0.0499. The molecule has 7 nitrogen and oxygen atoms in total. The molecule has 0 radical (unpaired) electrons. The molecule has 4 aromatic carbocycles. The van der Waals surface area contributed by atoms with E-state index in [-0.39, 0.29) is 29.5 Å². The number of aryl methyl sites for hydroxylation is 1. The molecule has 0 saturated carbocycles. The van der Waals surface area contributed by atoms with Crippen molar-refractivity contribution in [3.63, 3.8) is 0 Å². The van der Waals surface area contributed by atoms with Crippen molar-refractivity contribution in [1.29, 1.82) is 0 Å². The largest absolute Gasteiger partial charge is 0.354 e. The predicted molar refractivity (Wildman–Crippen MR) is 171 cm³/mol. The Morgan fingerprint density at radius 3 is 2.07 bits per heavy atom. The quantitative estimate of drug-likeness (QED) is 0.179. The van der Waals surface area contributed by atoms with Gasteiger partial charge in [0.25, 0.3) is 10.0 Å². The van der Waals surface area contributed by atoms with Crippen molar-refractivity contribution < 1.29 is 22.4 Å². The lowest BCUT2D eigenvalue weighted by Gasteiger charge is -2.34. The molecule has 0 aliphatic carbocycles. The van der Waals surface area contributed by atoms with Crippen molar-refractivity contribution in [3.8, 4) is 0 Å². The first kappa shape index (κ1) is 32.4. The summed E-state index contributed by atoms with van der Waals surface area (Å²) in [4.78, 5) is 29.4. The van der Waals surface area contributed by atoms with Crippen molar-refractivity contribution in [1.82, 2.24) is 10.2 Å². The van der Waals surface area contributed by atoms with Crippen LogP contribution in [0.4, 0.5) is 10.1 Å². The second kappa shape index (κ2) is 15.3. The van der Waals surface area contributed by atoms with Gasteiger partial charge in [0.15, 0.2) is 0 Å². The molecule has 1 N–H and O–H groups in total. The fourth-order valence-electron chi connectivity index (χ4n) is 4.84. The molecular formula is C35H38FN3O4S. The Morgan fingerprint density at radius 1 is 0.818 bits per heavy atom. The van der Waals surface area contributed by atoms with Gasteiger partial charge in [0.2, 0.25) is 11.8 Å². The predicted octanol–water partition coefficient (Wildman–Crippen LogP) is 5.89. The topological polar surface area (TPSA) is 86.8 Å². The van der Waals surface area contributed by atoms with Crippen LogP contribution in [0.2, 0.25) is 0 Å². The molecule has 230 valence electrons. The van der Waals surface area contributed by atoms with E-state index in [4.69, 9.17) is 0 Å². The number of nitrogens with one attached hydrogen (secondary N) is 1. The number of nitrogens with zero attached hydrogens (tertiary/aromatic N) is 2. The van der Waals surface area contributed by atoms with E-state index < -0.39 is 34.3 Å². The monoisotopic (exact) mass is 615 g/mol. The zero-order valence-electron chi connectivity index (χ0n) is 25.0. The number of halogens is 1. The molecule has 0 aliphatic rings. The molecule has 0 bridgehead atoms. The number of anilines is 1. The summed E-state index contributed by atoms with van der Waals surface area (Å²) < 4.78 is 43.8. The van der Waals surface area contributed by atoms with Crippen LogP contribution in [0.1, 0.15) is 36.5 Å². The van der Waals surface area contributed by atoms with Gasteiger partial charge in [-0.3, -0.25) is 13.9 Å². The van der Waals surface area contributed by atoms with Gasteiger partial charge in [-0.05, 0) is 48.7 Å². The van der Waals surface area contributed by atoms with E-state index in [0.29, 0.717) is 6.54 Å². The Kier molecular flexibility index (Phi) is 11.3. The maximum absolute atomic E-state index is 15.2. The van der Waals surface area contributed by atoms with Gasteiger partial charge in [0, 0.05) is 19.5 Å².